The fourth-order valence-electron chi connectivity index (χ4n) is 4.01. The first-order valence-corrected chi connectivity index (χ1v) is 12.6. The second-order valence-corrected chi connectivity index (χ2v) is 11.3. The van der Waals surface area contributed by atoms with Crippen LogP contribution in [0.25, 0.3) is 0 Å². The van der Waals surface area contributed by atoms with Gasteiger partial charge in [0.15, 0.2) is 5.84 Å². The van der Waals surface area contributed by atoms with Gasteiger partial charge < -0.3 is 21.3 Å². The van der Waals surface area contributed by atoms with E-state index in [2.05, 4.69) is 30.1 Å². The molecule has 162 valence electrons. The SMILES string of the molecule is NN/N=C(\N)c1c(N2CCNCC2)ccc2c1S(=O)(=O)N[SH]2(=O)NC1CCNC1. The van der Waals surface area contributed by atoms with Crippen molar-refractivity contribution >= 4 is 31.9 Å². The molecule has 3 aliphatic heterocycles. The van der Waals surface area contributed by atoms with Crippen LogP contribution >= 0.6 is 0 Å². The second-order valence-electron chi connectivity index (χ2n) is 7.19. The van der Waals surface area contributed by atoms with Crippen molar-refractivity contribution in [1.29, 1.82) is 0 Å². The van der Waals surface area contributed by atoms with E-state index in [9.17, 15) is 12.6 Å². The largest absolute Gasteiger partial charge is 0.382 e. The Morgan fingerprint density at radius 3 is 2.66 bits per heavy atom. The van der Waals surface area contributed by atoms with Crippen LogP contribution in [0.15, 0.2) is 27.0 Å². The summed E-state index contributed by atoms with van der Waals surface area (Å²) in [6.45, 7) is 4.25. The Labute approximate surface area is 170 Å². The number of hydrazine groups is 1. The first-order valence-electron chi connectivity index (χ1n) is 9.41. The molecule has 1 unspecified atom stereocenters. The summed E-state index contributed by atoms with van der Waals surface area (Å²) < 4.78 is 45.2. The molecule has 1 atom stereocenters. The number of nitrogens with zero attached hydrogens (tertiary/aromatic N) is 2. The van der Waals surface area contributed by atoms with Crippen molar-refractivity contribution in [2.45, 2.75) is 22.3 Å². The lowest BCUT2D eigenvalue weighted by atomic mass is 10.1. The van der Waals surface area contributed by atoms with Gasteiger partial charge in [-0.25, -0.2) is 24.5 Å². The van der Waals surface area contributed by atoms with Crippen molar-refractivity contribution < 1.29 is 12.6 Å². The van der Waals surface area contributed by atoms with Crippen molar-refractivity contribution in [3.8, 4) is 0 Å². The lowest BCUT2D eigenvalue weighted by molar-refractivity contribution is 0.586. The van der Waals surface area contributed by atoms with Gasteiger partial charge in [0, 0.05) is 54.8 Å². The lowest BCUT2D eigenvalue weighted by Crippen LogP contribution is -2.47. The summed E-state index contributed by atoms with van der Waals surface area (Å²) in [5.74, 6) is 5.21. The van der Waals surface area contributed by atoms with Crippen molar-refractivity contribution in [1.82, 2.24) is 25.0 Å². The Morgan fingerprint density at radius 2 is 2.00 bits per heavy atom. The van der Waals surface area contributed by atoms with Crippen molar-refractivity contribution in [2.75, 3.05) is 44.2 Å². The van der Waals surface area contributed by atoms with Crippen LogP contribution in [0.5, 0.6) is 0 Å². The highest BCUT2D eigenvalue weighted by molar-refractivity contribution is 8.12. The molecule has 0 saturated carbocycles. The first kappa shape index (κ1) is 20.5. The first-order chi connectivity index (χ1) is 13.9. The number of fused-ring (bicyclic) bond motifs is 1. The van der Waals surface area contributed by atoms with Gasteiger partial charge in [-0.2, -0.15) is 0 Å². The normalized spacial score (nSPS) is 26.9. The Hall–Kier alpha value is -1.81. The van der Waals surface area contributed by atoms with E-state index in [1.165, 1.54) is 0 Å². The molecule has 0 spiro atoms. The third kappa shape index (κ3) is 3.72. The maximum absolute atomic E-state index is 13.7. The zero-order chi connectivity index (χ0) is 20.6. The van der Waals surface area contributed by atoms with Gasteiger partial charge >= 0.3 is 0 Å². The molecule has 1 aromatic rings. The summed E-state index contributed by atoms with van der Waals surface area (Å²) in [7, 11) is -7.68. The number of hydrogen-bond donors (Lipinski definition) is 8. The van der Waals surface area contributed by atoms with Crippen molar-refractivity contribution in [2.24, 2.45) is 16.7 Å². The Bertz CT molecular complexity index is 969. The van der Waals surface area contributed by atoms with Crippen LogP contribution in [0.4, 0.5) is 5.69 Å². The molecule has 9 N–H and O–H groups in total. The topological polar surface area (TPSA) is 179 Å². The minimum Gasteiger partial charge on any atom is -0.382 e. The van der Waals surface area contributed by atoms with E-state index in [4.69, 9.17) is 11.6 Å². The second kappa shape index (κ2) is 7.79. The average molecular weight is 446 g/mol. The van der Waals surface area contributed by atoms with E-state index in [0.717, 1.165) is 26.1 Å². The average Bonchev–Trinajstić information content (AvgIpc) is 3.26. The number of nitrogens with one attached hydrogen (secondary N) is 5. The summed E-state index contributed by atoms with van der Waals surface area (Å²) in [5.41, 5.74) is 9.05. The molecule has 0 aromatic heterocycles. The van der Waals surface area contributed by atoms with Crippen molar-refractivity contribution in [3.63, 3.8) is 0 Å². The number of rotatable bonds is 5. The number of thiol groups is 1. The minimum atomic E-state index is -4.08. The Morgan fingerprint density at radius 1 is 1.24 bits per heavy atom. The maximum Gasteiger partial charge on any atom is 0.253 e. The molecule has 2 fully saturated rings. The molecule has 1 aromatic carbocycles. The van der Waals surface area contributed by atoms with E-state index in [1.54, 1.807) is 12.1 Å². The molecule has 2 saturated heterocycles. The number of hydrazone groups is 1. The van der Waals surface area contributed by atoms with Gasteiger partial charge in [0.2, 0.25) is 0 Å². The summed E-state index contributed by atoms with van der Waals surface area (Å²) in [5, 5.41) is 10.2. The van der Waals surface area contributed by atoms with Gasteiger partial charge in [-0.1, -0.05) is 0 Å². The zero-order valence-electron chi connectivity index (χ0n) is 15.8. The minimum absolute atomic E-state index is 0.0840. The van der Waals surface area contributed by atoms with Gasteiger partial charge in [-0.15, -0.1) is 9.23 Å². The van der Waals surface area contributed by atoms with Crippen molar-refractivity contribution in [3.05, 3.63) is 17.7 Å². The van der Waals surface area contributed by atoms with E-state index in [0.29, 0.717) is 25.3 Å². The lowest BCUT2D eigenvalue weighted by Gasteiger charge is -2.31. The fraction of sp³-hybridized carbons (Fsp3) is 0.533. The molecule has 4 rings (SSSR count). The molecule has 0 aliphatic carbocycles. The number of anilines is 1. The molecule has 3 aliphatic rings. The summed E-state index contributed by atoms with van der Waals surface area (Å²) in [4.78, 5) is 2.11. The standard InChI is InChI=1S/C15H27N9O3S2/c16-15(20-22-17)13-11(24-7-5-18-6-8-24)1-2-12-14(13)29(26,27)23-28(12,25)21-10-3-4-19-9-10/h1-2,10,18-19,22,28H,3-9,17H2,(H2,16,20)(H2,21,23,25). The maximum atomic E-state index is 13.7. The quantitative estimate of drug-likeness (QED) is 0.0755. The highest BCUT2D eigenvalue weighted by Gasteiger charge is 2.43. The fourth-order valence-corrected chi connectivity index (χ4v) is 9.45. The molecular formula is C15H27N9O3S2. The smallest absolute Gasteiger partial charge is 0.253 e. The van der Waals surface area contributed by atoms with Crippen LogP contribution in [0, 0.1) is 0 Å². The van der Waals surface area contributed by atoms with Gasteiger partial charge in [0.1, 0.15) is 4.90 Å². The molecular weight excluding hydrogens is 418 g/mol. The summed E-state index contributed by atoms with van der Waals surface area (Å²) >= 11 is 0. The predicted octanol–water partition coefficient (Wildman–Crippen LogP) is -3.37. The van der Waals surface area contributed by atoms with Crippen LogP contribution in [0.2, 0.25) is 0 Å². The molecule has 12 nitrogen and oxygen atoms in total. The number of piperazine rings is 1. The summed E-state index contributed by atoms with van der Waals surface area (Å²) in [6.07, 6.45) is 0.757. The Kier molecular flexibility index (Phi) is 5.50. The Balaban J connectivity index is 1.87. The van der Waals surface area contributed by atoms with Gasteiger partial charge in [0.25, 0.3) is 10.0 Å². The number of hydrogen-bond acceptors (Lipinski definition) is 9. The molecule has 0 bridgehead atoms. The highest BCUT2D eigenvalue weighted by Crippen LogP contribution is 2.39. The molecule has 29 heavy (non-hydrogen) atoms. The van der Waals surface area contributed by atoms with Crippen LogP contribution in [-0.4, -0.2) is 63.8 Å². The van der Waals surface area contributed by atoms with Gasteiger partial charge in [0.05, 0.1) is 10.5 Å². The van der Waals surface area contributed by atoms with Crippen LogP contribution in [0.1, 0.15) is 12.0 Å². The number of amidine groups is 1. The van der Waals surface area contributed by atoms with E-state index >= 15 is 0 Å². The molecule has 0 radical (unpaired) electrons. The number of sulfonamides is 1. The van der Waals surface area contributed by atoms with Gasteiger partial charge in [-0.3, -0.25) is 4.21 Å². The number of benzene rings is 1. The zero-order valence-corrected chi connectivity index (χ0v) is 17.5. The molecule has 0 amide bonds. The third-order valence-corrected chi connectivity index (χ3v) is 10.2. The molecule has 14 heteroatoms. The highest BCUT2D eigenvalue weighted by atomic mass is 32.3. The molecule has 3 heterocycles. The van der Waals surface area contributed by atoms with E-state index in [-0.39, 0.29) is 27.2 Å². The van der Waals surface area contributed by atoms with Crippen LogP contribution in [0.3, 0.4) is 0 Å². The monoisotopic (exact) mass is 445 g/mol. The van der Waals surface area contributed by atoms with Crippen LogP contribution < -0.4 is 41.5 Å². The predicted molar refractivity (Wildman–Crippen MR) is 112 cm³/mol. The number of nitrogens with two attached hydrogens (primary N) is 2. The van der Waals surface area contributed by atoms with Crippen LogP contribution in [-0.2, 0) is 20.3 Å². The van der Waals surface area contributed by atoms with Gasteiger partial charge in [-0.05, 0) is 25.1 Å². The summed E-state index contributed by atoms with van der Waals surface area (Å²) in [6, 6.07) is 3.26. The third-order valence-electron chi connectivity index (χ3n) is 5.30. The van der Waals surface area contributed by atoms with E-state index < -0.39 is 20.3 Å². The van der Waals surface area contributed by atoms with E-state index in [1.807, 2.05) is 4.90 Å².